The van der Waals surface area contributed by atoms with Gasteiger partial charge in [-0.15, -0.1) is 11.3 Å². The summed E-state index contributed by atoms with van der Waals surface area (Å²) < 4.78 is 0. The molecule has 0 bridgehead atoms. The molecule has 0 amide bonds. The zero-order valence-electron chi connectivity index (χ0n) is 14.3. The molecule has 0 spiro atoms. The number of aromatic nitrogens is 1. The smallest absolute Gasteiger partial charge is 0.185 e. The van der Waals surface area contributed by atoms with Crippen LogP contribution in [0.2, 0.25) is 0 Å². The van der Waals surface area contributed by atoms with E-state index in [1.54, 1.807) is 0 Å². The van der Waals surface area contributed by atoms with Crippen LogP contribution in [0.5, 0.6) is 0 Å². The predicted molar refractivity (Wildman–Crippen MR) is 93.2 cm³/mol. The van der Waals surface area contributed by atoms with Crippen molar-refractivity contribution in [2.45, 2.75) is 66.5 Å². The van der Waals surface area contributed by atoms with Crippen molar-refractivity contribution >= 4 is 16.5 Å². The minimum Gasteiger partial charge on any atom is -0.348 e. The van der Waals surface area contributed by atoms with Gasteiger partial charge in [-0.05, 0) is 24.7 Å². The van der Waals surface area contributed by atoms with Crippen LogP contribution in [-0.4, -0.2) is 24.1 Å². The molecule has 120 valence electrons. The number of nitrogens with zero attached hydrogens (tertiary/aromatic N) is 2. The Morgan fingerprint density at radius 1 is 1.29 bits per heavy atom. The second kappa shape index (κ2) is 7.59. The average Bonchev–Trinajstić information content (AvgIpc) is 2.79. The van der Waals surface area contributed by atoms with E-state index in [0.29, 0.717) is 6.04 Å². The van der Waals surface area contributed by atoms with E-state index in [4.69, 9.17) is 4.98 Å². The molecule has 3 nitrogen and oxygen atoms in total. The van der Waals surface area contributed by atoms with E-state index < -0.39 is 0 Å². The Morgan fingerprint density at radius 3 is 2.52 bits per heavy atom. The zero-order chi connectivity index (χ0) is 15.4. The number of piperidine rings is 1. The topological polar surface area (TPSA) is 28.2 Å². The minimum absolute atomic E-state index is 0.528. The van der Waals surface area contributed by atoms with Gasteiger partial charge in [0.25, 0.3) is 0 Å². The first kappa shape index (κ1) is 16.8. The highest BCUT2D eigenvalue weighted by Crippen LogP contribution is 2.32. The number of hydrogen-bond donors (Lipinski definition) is 1. The second-order valence-electron chi connectivity index (χ2n) is 7.00. The molecule has 2 heterocycles. The lowest BCUT2D eigenvalue weighted by Crippen LogP contribution is -2.38. The van der Waals surface area contributed by atoms with Gasteiger partial charge >= 0.3 is 0 Å². The maximum Gasteiger partial charge on any atom is 0.185 e. The summed E-state index contributed by atoms with van der Waals surface area (Å²) in [5.74, 6) is 1.56. The van der Waals surface area contributed by atoms with Gasteiger partial charge in [0, 0.05) is 30.6 Å². The van der Waals surface area contributed by atoms with E-state index >= 15 is 0 Å². The summed E-state index contributed by atoms with van der Waals surface area (Å²) in [6, 6.07) is 0.528. The summed E-state index contributed by atoms with van der Waals surface area (Å²) in [4.78, 5) is 8.93. The normalized spacial score (nSPS) is 23.0. The van der Waals surface area contributed by atoms with E-state index in [1.807, 2.05) is 11.3 Å². The first-order chi connectivity index (χ1) is 9.99. The van der Waals surface area contributed by atoms with Crippen LogP contribution in [0.25, 0.3) is 0 Å². The van der Waals surface area contributed by atoms with Crippen LogP contribution >= 0.6 is 11.3 Å². The Kier molecular flexibility index (Phi) is 6.06. The summed E-state index contributed by atoms with van der Waals surface area (Å²) in [6.07, 6.45) is 3.63. The molecule has 1 saturated heterocycles. The van der Waals surface area contributed by atoms with Gasteiger partial charge in [-0.3, -0.25) is 0 Å². The standard InChI is InChI=1S/C17H31N3S/c1-6-7-15-16(9-18-12(2)3)21-17(19-15)20-10-13(4)8-14(5)11-20/h12-14,18H,6-11H2,1-5H3. The molecule has 0 saturated carbocycles. The summed E-state index contributed by atoms with van der Waals surface area (Å²) >= 11 is 1.90. The highest BCUT2D eigenvalue weighted by molar-refractivity contribution is 7.15. The largest absolute Gasteiger partial charge is 0.348 e. The molecule has 21 heavy (non-hydrogen) atoms. The fourth-order valence-corrected chi connectivity index (χ4v) is 4.27. The van der Waals surface area contributed by atoms with Crippen molar-refractivity contribution in [2.75, 3.05) is 18.0 Å². The van der Waals surface area contributed by atoms with Gasteiger partial charge < -0.3 is 10.2 Å². The Morgan fingerprint density at radius 2 is 1.95 bits per heavy atom. The van der Waals surface area contributed by atoms with Crippen LogP contribution in [0.4, 0.5) is 5.13 Å². The molecular weight excluding hydrogens is 278 g/mol. The number of hydrogen-bond acceptors (Lipinski definition) is 4. The van der Waals surface area contributed by atoms with Crippen LogP contribution in [0.3, 0.4) is 0 Å². The van der Waals surface area contributed by atoms with Crippen molar-refractivity contribution in [2.24, 2.45) is 11.8 Å². The molecule has 2 rings (SSSR count). The van der Waals surface area contributed by atoms with E-state index in [-0.39, 0.29) is 0 Å². The van der Waals surface area contributed by atoms with Crippen molar-refractivity contribution < 1.29 is 0 Å². The number of aryl methyl sites for hydroxylation is 1. The molecule has 2 atom stereocenters. The molecule has 1 N–H and O–H groups in total. The molecule has 1 aliphatic rings. The predicted octanol–water partition coefficient (Wildman–Crippen LogP) is 4.08. The summed E-state index contributed by atoms with van der Waals surface area (Å²) in [6.45, 7) is 14.7. The minimum atomic E-state index is 0.528. The highest BCUT2D eigenvalue weighted by Gasteiger charge is 2.25. The van der Waals surface area contributed by atoms with Gasteiger partial charge in [0.15, 0.2) is 5.13 Å². The third kappa shape index (κ3) is 4.68. The number of thiazole rings is 1. The third-order valence-electron chi connectivity index (χ3n) is 4.06. The van der Waals surface area contributed by atoms with Gasteiger partial charge in [-0.2, -0.15) is 0 Å². The number of rotatable bonds is 6. The lowest BCUT2D eigenvalue weighted by atomic mass is 9.92. The molecule has 2 unspecified atom stereocenters. The Hall–Kier alpha value is -0.610. The van der Waals surface area contributed by atoms with Gasteiger partial charge in [-0.25, -0.2) is 4.98 Å². The first-order valence-corrected chi connectivity index (χ1v) is 9.28. The molecule has 1 aromatic heterocycles. The van der Waals surface area contributed by atoms with E-state index in [1.165, 1.54) is 41.6 Å². The van der Waals surface area contributed by atoms with Crippen LogP contribution in [-0.2, 0) is 13.0 Å². The van der Waals surface area contributed by atoms with Gasteiger partial charge in [-0.1, -0.05) is 41.0 Å². The van der Waals surface area contributed by atoms with Crippen LogP contribution in [0.15, 0.2) is 0 Å². The van der Waals surface area contributed by atoms with Gasteiger partial charge in [0.05, 0.1) is 5.69 Å². The van der Waals surface area contributed by atoms with Gasteiger partial charge in [0.1, 0.15) is 0 Å². The first-order valence-electron chi connectivity index (χ1n) is 8.46. The summed E-state index contributed by atoms with van der Waals surface area (Å²) in [7, 11) is 0. The van der Waals surface area contributed by atoms with Crippen molar-refractivity contribution in [3.05, 3.63) is 10.6 Å². The lowest BCUT2D eigenvalue weighted by molar-refractivity contribution is 0.356. The molecule has 0 aromatic carbocycles. The maximum absolute atomic E-state index is 4.97. The quantitative estimate of drug-likeness (QED) is 0.858. The van der Waals surface area contributed by atoms with Crippen molar-refractivity contribution in [3.63, 3.8) is 0 Å². The third-order valence-corrected chi connectivity index (χ3v) is 5.22. The van der Waals surface area contributed by atoms with E-state index in [2.05, 4.69) is 44.8 Å². The van der Waals surface area contributed by atoms with E-state index in [9.17, 15) is 0 Å². The molecule has 1 aliphatic heterocycles. The lowest BCUT2D eigenvalue weighted by Gasteiger charge is -2.34. The summed E-state index contributed by atoms with van der Waals surface area (Å²) in [5, 5.41) is 4.79. The molecule has 1 fully saturated rings. The van der Waals surface area contributed by atoms with Crippen LogP contribution < -0.4 is 10.2 Å². The molecular formula is C17H31N3S. The number of anilines is 1. The second-order valence-corrected chi connectivity index (χ2v) is 8.07. The zero-order valence-corrected chi connectivity index (χ0v) is 15.1. The van der Waals surface area contributed by atoms with Gasteiger partial charge in [0.2, 0.25) is 0 Å². The SMILES string of the molecule is CCCc1nc(N2CC(C)CC(C)C2)sc1CNC(C)C. The fraction of sp³-hybridized carbons (Fsp3) is 0.824. The summed E-state index contributed by atoms with van der Waals surface area (Å²) in [5.41, 5.74) is 1.32. The highest BCUT2D eigenvalue weighted by atomic mass is 32.1. The maximum atomic E-state index is 4.97. The Bertz CT molecular complexity index is 431. The average molecular weight is 310 g/mol. The fourth-order valence-electron chi connectivity index (χ4n) is 3.19. The van der Waals surface area contributed by atoms with Crippen molar-refractivity contribution in [1.29, 1.82) is 0 Å². The molecule has 0 radical (unpaired) electrons. The van der Waals surface area contributed by atoms with Crippen LogP contribution in [0, 0.1) is 11.8 Å². The van der Waals surface area contributed by atoms with Crippen LogP contribution in [0.1, 0.15) is 58.0 Å². The molecule has 1 aromatic rings. The molecule has 0 aliphatic carbocycles. The van der Waals surface area contributed by atoms with Crippen molar-refractivity contribution in [1.82, 2.24) is 10.3 Å². The Balaban J connectivity index is 2.13. The Labute approximate surface area is 134 Å². The number of nitrogens with one attached hydrogen (secondary N) is 1. The monoisotopic (exact) mass is 309 g/mol. The molecule has 4 heteroatoms. The van der Waals surface area contributed by atoms with Crippen molar-refractivity contribution in [3.8, 4) is 0 Å². The van der Waals surface area contributed by atoms with E-state index in [0.717, 1.165) is 24.8 Å².